The van der Waals surface area contributed by atoms with Gasteiger partial charge >= 0.3 is 5.97 Å². The zero-order valence-electron chi connectivity index (χ0n) is 10.7. The average Bonchev–Trinajstić information content (AvgIpc) is 3.08. The second kappa shape index (κ2) is 5.30. The first-order valence-corrected chi connectivity index (χ1v) is 6.28. The first-order chi connectivity index (χ1) is 8.97. The fourth-order valence-corrected chi connectivity index (χ4v) is 2.03. The van der Waals surface area contributed by atoms with E-state index in [1.54, 1.807) is 12.1 Å². The SMILES string of the molecule is CC1CC1C(=O)N[C@@H](Cc1ccc(O)cc1)C(=O)O. The highest BCUT2D eigenvalue weighted by Gasteiger charge is 2.40. The molecule has 5 heteroatoms. The van der Waals surface area contributed by atoms with Crippen LogP contribution in [0.5, 0.6) is 5.75 Å². The van der Waals surface area contributed by atoms with Crippen LogP contribution in [0.4, 0.5) is 0 Å². The number of aromatic hydroxyl groups is 1. The molecule has 1 fully saturated rings. The second-order valence-corrected chi connectivity index (χ2v) is 5.09. The molecule has 5 nitrogen and oxygen atoms in total. The Morgan fingerprint density at radius 1 is 1.37 bits per heavy atom. The van der Waals surface area contributed by atoms with Gasteiger partial charge in [0, 0.05) is 12.3 Å². The van der Waals surface area contributed by atoms with Gasteiger partial charge in [-0.05, 0) is 30.0 Å². The molecule has 0 heterocycles. The quantitative estimate of drug-likeness (QED) is 0.744. The van der Waals surface area contributed by atoms with Crippen molar-refractivity contribution in [2.24, 2.45) is 11.8 Å². The fraction of sp³-hybridized carbons (Fsp3) is 0.429. The summed E-state index contributed by atoms with van der Waals surface area (Å²) in [5, 5.41) is 20.9. The molecule has 102 valence electrons. The number of phenols is 1. The summed E-state index contributed by atoms with van der Waals surface area (Å²) < 4.78 is 0. The summed E-state index contributed by atoms with van der Waals surface area (Å²) in [6.45, 7) is 1.97. The van der Waals surface area contributed by atoms with Crippen molar-refractivity contribution < 1.29 is 19.8 Å². The molecule has 0 spiro atoms. The van der Waals surface area contributed by atoms with Gasteiger partial charge < -0.3 is 15.5 Å². The van der Waals surface area contributed by atoms with Gasteiger partial charge in [0.05, 0.1) is 0 Å². The Kier molecular flexibility index (Phi) is 3.74. The van der Waals surface area contributed by atoms with Gasteiger partial charge in [-0.25, -0.2) is 4.79 Å². The van der Waals surface area contributed by atoms with E-state index in [1.807, 2.05) is 6.92 Å². The van der Waals surface area contributed by atoms with E-state index in [1.165, 1.54) is 12.1 Å². The number of carboxylic acids is 1. The highest BCUT2D eigenvalue weighted by atomic mass is 16.4. The molecule has 1 aromatic carbocycles. The Labute approximate surface area is 111 Å². The Bertz CT molecular complexity index is 483. The summed E-state index contributed by atoms with van der Waals surface area (Å²) >= 11 is 0. The van der Waals surface area contributed by atoms with E-state index in [2.05, 4.69) is 5.32 Å². The normalized spacial score (nSPS) is 22.6. The monoisotopic (exact) mass is 263 g/mol. The molecule has 1 aromatic rings. The smallest absolute Gasteiger partial charge is 0.326 e. The molecule has 0 radical (unpaired) electrons. The summed E-state index contributed by atoms with van der Waals surface area (Å²) in [5.41, 5.74) is 0.759. The zero-order chi connectivity index (χ0) is 14.0. The molecule has 1 aliphatic rings. The Morgan fingerprint density at radius 3 is 2.42 bits per heavy atom. The summed E-state index contributed by atoms with van der Waals surface area (Å²) in [4.78, 5) is 22.9. The van der Waals surface area contributed by atoms with E-state index >= 15 is 0 Å². The van der Waals surface area contributed by atoms with Crippen molar-refractivity contribution >= 4 is 11.9 Å². The zero-order valence-corrected chi connectivity index (χ0v) is 10.7. The number of carboxylic acid groups (broad SMARTS) is 1. The molecule has 0 bridgehead atoms. The van der Waals surface area contributed by atoms with Crippen LogP contribution in [-0.2, 0) is 16.0 Å². The van der Waals surface area contributed by atoms with Crippen molar-refractivity contribution in [2.45, 2.75) is 25.8 Å². The van der Waals surface area contributed by atoms with Crippen molar-refractivity contribution in [2.75, 3.05) is 0 Å². The number of hydrogen-bond acceptors (Lipinski definition) is 3. The second-order valence-electron chi connectivity index (χ2n) is 5.09. The van der Waals surface area contributed by atoms with E-state index in [0.717, 1.165) is 12.0 Å². The van der Waals surface area contributed by atoms with Gasteiger partial charge in [-0.1, -0.05) is 19.1 Å². The molecule has 3 atom stereocenters. The van der Waals surface area contributed by atoms with Crippen LogP contribution in [0.25, 0.3) is 0 Å². The van der Waals surface area contributed by atoms with E-state index < -0.39 is 12.0 Å². The topological polar surface area (TPSA) is 86.6 Å². The largest absolute Gasteiger partial charge is 0.508 e. The van der Waals surface area contributed by atoms with Gasteiger partial charge in [0.25, 0.3) is 0 Å². The maximum Gasteiger partial charge on any atom is 0.326 e. The van der Waals surface area contributed by atoms with Crippen LogP contribution in [0, 0.1) is 11.8 Å². The fourth-order valence-electron chi connectivity index (χ4n) is 2.03. The number of aliphatic carboxylic acids is 1. The lowest BCUT2D eigenvalue weighted by molar-refractivity contribution is -0.142. The van der Waals surface area contributed by atoms with Crippen molar-refractivity contribution in [3.63, 3.8) is 0 Å². The number of nitrogens with one attached hydrogen (secondary N) is 1. The Morgan fingerprint density at radius 2 is 1.95 bits per heavy atom. The van der Waals surface area contributed by atoms with Crippen molar-refractivity contribution in [1.82, 2.24) is 5.32 Å². The van der Waals surface area contributed by atoms with Gasteiger partial charge in [0.15, 0.2) is 0 Å². The first-order valence-electron chi connectivity index (χ1n) is 6.28. The van der Waals surface area contributed by atoms with Gasteiger partial charge in [-0.15, -0.1) is 0 Å². The Balaban J connectivity index is 1.98. The molecule has 1 saturated carbocycles. The summed E-state index contributed by atoms with van der Waals surface area (Å²) in [6, 6.07) is 5.37. The van der Waals surface area contributed by atoms with E-state index in [-0.39, 0.29) is 24.0 Å². The summed E-state index contributed by atoms with van der Waals surface area (Å²) in [7, 11) is 0. The lowest BCUT2D eigenvalue weighted by Crippen LogP contribution is -2.43. The van der Waals surface area contributed by atoms with Gasteiger partial charge in [-0.3, -0.25) is 4.79 Å². The van der Waals surface area contributed by atoms with Gasteiger partial charge in [0.1, 0.15) is 11.8 Å². The minimum Gasteiger partial charge on any atom is -0.508 e. The van der Waals surface area contributed by atoms with Crippen molar-refractivity contribution in [1.29, 1.82) is 0 Å². The van der Waals surface area contributed by atoms with Crippen LogP contribution in [0.1, 0.15) is 18.9 Å². The van der Waals surface area contributed by atoms with Crippen LogP contribution in [0.3, 0.4) is 0 Å². The average molecular weight is 263 g/mol. The van der Waals surface area contributed by atoms with Crippen molar-refractivity contribution in [3.05, 3.63) is 29.8 Å². The highest BCUT2D eigenvalue weighted by molar-refractivity contribution is 5.86. The number of carbonyl (C=O) groups excluding carboxylic acids is 1. The number of rotatable bonds is 5. The molecule has 19 heavy (non-hydrogen) atoms. The standard InChI is InChI=1S/C14H17NO4/c1-8-6-11(8)13(17)15-12(14(18)19)7-9-2-4-10(16)5-3-9/h2-5,8,11-12,16H,6-7H2,1H3,(H,15,17)(H,18,19)/t8?,11?,12-/m0/s1. The van der Waals surface area contributed by atoms with Gasteiger partial charge in [0.2, 0.25) is 5.91 Å². The summed E-state index contributed by atoms with van der Waals surface area (Å²) in [6.07, 6.45) is 1.04. The maximum absolute atomic E-state index is 11.8. The van der Waals surface area contributed by atoms with Gasteiger partial charge in [-0.2, -0.15) is 0 Å². The van der Waals surface area contributed by atoms with E-state index in [9.17, 15) is 9.59 Å². The molecular weight excluding hydrogens is 246 g/mol. The molecule has 0 saturated heterocycles. The molecule has 1 aliphatic carbocycles. The summed E-state index contributed by atoms with van der Waals surface area (Å²) in [5.74, 6) is -0.787. The first kappa shape index (κ1) is 13.4. The minimum atomic E-state index is -1.05. The Hall–Kier alpha value is -2.04. The predicted octanol–water partition coefficient (Wildman–Crippen LogP) is 1.16. The number of carbonyl (C=O) groups is 2. The molecule has 3 N–H and O–H groups in total. The van der Waals surface area contributed by atoms with Crippen LogP contribution in [0.15, 0.2) is 24.3 Å². The molecule has 2 rings (SSSR count). The van der Waals surface area contributed by atoms with E-state index in [4.69, 9.17) is 10.2 Å². The molecule has 2 unspecified atom stereocenters. The molecule has 0 aromatic heterocycles. The lowest BCUT2D eigenvalue weighted by Gasteiger charge is -2.14. The minimum absolute atomic E-state index is 0.0401. The lowest BCUT2D eigenvalue weighted by atomic mass is 10.1. The highest BCUT2D eigenvalue weighted by Crippen LogP contribution is 2.37. The number of phenolic OH excluding ortho intramolecular Hbond substituents is 1. The van der Waals surface area contributed by atoms with E-state index in [0.29, 0.717) is 5.92 Å². The maximum atomic E-state index is 11.8. The van der Waals surface area contributed by atoms with Crippen LogP contribution in [0.2, 0.25) is 0 Å². The predicted molar refractivity (Wildman–Crippen MR) is 68.6 cm³/mol. The number of hydrogen-bond donors (Lipinski definition) is 3. The van der Waals surface area contributed by atoms with Crippen LogP contribution < -0.4 is 5.32 Å². The van der Waals surface area contributed by atoms with Crippen LogP contribution >= 0.6 is 0 Å². The third kappa shape index (κ3) is 3.47. The number of amides is 1. The third-order valence-corrected chi connectivity index (χ3v) is 3.44. The third-order valence-electron chi connectivity index (χ3n) is 3.44. The molecular formula is C14H17NO4. The van der Waals surface area contributed by atoms with Crippen molar-refractivity contribution in [3.8, 4) is 5.75 Å². The molecule has 0 aliphatic heterocycles. The van der Waals surface area contributed by atoms with Crippen LogP contribution in [-0.4, -0.2) is 28.1 Å². The molecule has 1 amide bonds. The number of benzene rings is 1.